The van der Waals surface area contributed by atoms with E-state index in [4.69, 9.17) is 0 Å². The fourth-order valence-electron chi connectivity index (χ4n) is 4.23. The Morgan fingerprint density at radius 2 is 2.03 bits per heavy atom. The van der Waals surface area contributed by atoms with Gasteiger partial charge < -0.3 is 4.90 Å². The standard InChI is InChI=1S/C21H21F2N5O/c1-13-7-18(28-20(26-13)24-12-25-28)17-9-21(22,23)11-27(10-17)19(29)16-4-2-3-15(8-16)14-5-6-14/h2-4,7-8,12,14,17H,5-6,9-11H2,1H3/t17-/m0/s1. The molecule has 1 saturated heterocycles. The first kappa shape index (κ1) is 18.1. The summed E-state index contributed by atoms with van der Waals surface area (Å²) in [4.78, 5) is 22.7. The lowest BCUT2D eigenvalue weighted by atomic mass is 9.91. The third-order valence-corrected chi connectivity index (χ3v) is 5.70. The number of alkyl halides is 2. The summed E-state index contributed by atoms with van der Waals surface area (Å²) in [5, 5.41) is 4.14. The van der Waals surface area contributed by atoms with Gasteiger partial charge in [0.25, 0.3) is 17.6 Å². The van der Waals surface area contributed by atoms with Gasteiger partial charge in [-0.1, -0.05) is 12.1 Å². The summed E-state index contributed by atoms with van der Waals surface area (Å²) in [6, 6.07) is 9.16. The molecule has 1 aliphatic heterocycles. The number of amides is 1. The van der Waals surface area contributed by atoms with E-state index in [1.54, 1.807) is 19.1 Å². The first-order valence-electron chi connectivity index (χ1n) is 9.84. The molecule has 0 unspecified atom stereocenters. The van der Waals surface area contributed by atoms with Crippen LogP contribution in [0.2, 0.25) is 0 Å². The lowest BCUT2D eigenvalue weighted by Gasteiger charge is -2.37. The average molecular weight is 397 g/mol. The SMILES string of the molecule is Cc1cc([C@@H]2CN(C(=O)c3cccc(C4CC4)c3)CC(F)(F)C2)n2ncnc2n1. The summed E-state index contributed by atoms with van der Waals surface area (Å²) < 4.78 is 30.8. The van der Waals surface area contributed by atoms with Crippen molar-refractivity contribution >= 4 is 11.7 Å². The van der Waals surface area contributed by atoms with Crippen LogP contribution in [0.3, 0.4) is 0 Å². The van der Waals surface area contributed by atoms with Gasteiger partial charge in [0.1, 0.15) is 6.33 Å². The van der Waals surface area contributed by atoms with E-state index in [-0.39, 0.29) is 18.9 Å². The topological polar surface area (TPSA) is 63.4 Å². The third-order valence-electron chi connectivity index (χ3n) is 5.70. The predicted molar refractivity (Wildman–Crippen MR) is 102 cm³/mol. The second-order valence-electron chi connectivity index (χ2n) is 8.14. The minimum Gasteiger partial charge on any atom is -0.332 e. The van der Waals surface area contributed by atoms with Crippen molar-refractivity contribution in [3.05, 3.63) is 59.2 Å². The van der Waals surface area contributed by atoms with Crippen molar-refractivity contribution in [3.63, 3.8) is 0 Å². The van der Waals surface area contributed by atoms with E-state index in [9.17, 15) is 13.6 Å². The molecule has 0 spiro atoms. The van der Waals surface area contributed by atoms with Gasteiger partial charge in [-0.25, -0.2) is 18.3 Å². The van der Waals surface area contributed by atoms with Gasteiger partial charge in [0.05, 0.1) is 12.2 Å². The van der Waals surface area contributed by atoms with Crippen LogP contribution in [0, 0.1) is 6.92 Å². The fourth-order valence-corrected chi connectivity index (χ4v) is 4.23. The first-order valence-corrected chi connectivity index (χ1v) is 9.84. The van der Waals surface area contributed by atoms with Crippen molar-refractivity contribution in [1.29, 1.82) is 0 Å². The van der Waals surface area contributed by atoms with E-state index in [0.717, 1.165) is 18.4 Å². The molecule has 3 aromatic rings. The highest BCUT2D eigenvalue weighted by Crippen LogP contribution is 2.41. The van der Waals surface area contributed by atoms with Crippen molar-refractivity contribution in [2.45, 2.75) is 43.9 Å². The number of benzene rings is 1. The lowest BCUT2D eigenvalue weighted by Crippen LogP contribution is -2.49. The zero-order valence-corrected chi connectivity index (χ0v) is 16.1. The molecule has 1 amide bonds. The molecule has 1 aromatic carbocycles. The van der Waals surface area contributed by atoms with Crippen LogP contribution in [0.4, 0.5) is 8.78 Å². The highest BCUT2D eigenvalue weighted by Gasteiger charge is 2.43. The molecular formula is C21H21F2N5O. The number of likely N-dealkylation sites (tertiary alicyclic amines) is 1. The number of fused-ring (bicyclic) bond motifs is 1. The Morgan fingerprint density at radius 3 is 2.83 bits per heavy atom. The number of hydrogen-bond acceptors (Lipinski definition) is 4. The quantitative estimate of drug-likeness (QED) is 0.678. The first-order chi connectivity index (χ1) is 13.9. The van der Waals surface area contributed by atoms with Gasteiger partial charge in [0, 0.05) is 30.1 Å². The lowest BCUT2D eigenvalue weighted by molar-refractivity contribution is -0.0641. The number of nitrogens with zero attached hydrogens (tertiary/aromatic N) is 5. The van der Waals surface area contributed by atoms with Gasteiger partial charge in [0.15, 0.2) is 0 Å². The molecule has 29 heavy (non-hydrogen) atoms. The number of carbonyl (C=O) groups is 1. The molecule has 0 N–H and O–H groups in total. The summed E-state index contributed by atoms with van der Waals surface area (Å²) in [7, 11) is 0. The highest BCUT2D eigenvalue weighted by atomic mass is 19.3. The smallest absolute Gasteiger partial charge is 0.266 e. The Labute approximate surface area is 166 Å². The Balaban J connectivity index is 1.47. The maximum absolute atomic E-state index is 14.7. The molecule has 5 rings (SSSR count). The summed E-state index contributed by atoms with van der Waals surface area (Å²) in [5.41, 5.74) is 2.88. The molecule has 150 valence electrons. The molecule has 2 aliphatic rings. The zero-order valence-electron chi connectivity index (χ0n) is 16.1. The van der Waals surface area contributed by atoms with E-state index in [0.29, 0.717) is 28.6 Å². The van der Waals surface area contributed by atoms with Crippen molar-refractivity contribution in [2.24, 2.45) is 0 Å². The molecule has 0 bridgehead atoms. The molecule has 2 fully saturated rings. The summed E-state index contributed by atoms with van der Waals surface area (Å²) in [6.45, 7) is 1.44. The maximum atomic E-state index is 14.7. The molecule has 3 heterocycles. The number of aromatic nitrogens is 4. The fraction of sp³-hybridized carbons (Fsp3) is 0.429. The number of aryl methyl sites for hydroxylation is 1. The van der Waals surface area contributed by atoms with Crippen molar-refractivity contribution in [3.8, 4) is 0 Å². The molecule has 1 aliphatic carbocycles. The van der Waals surface area contributed by atoms with Gasteiger partial charge in [-0.3, -0.25) is 4.79 Å². The summed E-state index contributed by atoms with van der Waals surface area (Å²) in [5.74, 6) is -3.00. The van der Waals surface area contributed by atoms with Crippen LogP contribution >= 0.6 is 0 Å². The molecule has 6 nitrogen and oxygen atoms in total. The average Bonchev–Trinajstić information content (AvgIpc) is 3.44. The summed E-state index contributed by atoms with van der Waals surface area (Å²) in [6.07, 6.45) is 3.27. The molecule has 0 radical (unpaired) electrons. The number of hydrogen-bond donors (Lipinski definition) is 0. The molecular weight excluding hydrogens is 376 g/mol. The third kappa shape index (κ3) is 3.47. The Hall–Kier alpha value is -2.90. The van der Waals surface area contributed by atoms with E-state index in [1.807, 2.05) is 18.2 Å². The van der Waals surface area contributed by atoms with Crippen molar-refractivity contribution < 1.29 is 13.6 Å². The van der Waals surface area contributed by atoms with E-state index in [2.05, 4.69) is 15.1 Å². The van der Waals surface area contributed by atoms with Gasteiger partial charge >= 0.3 is 0 Å². The number of halogens is 2. The van der Waals surface area contributed by atoms with Crippen LogP contribution < -0.4 is 0 Å². The van der Waals surface area contributed by atoms with Gasteiger partial charge in [-0.15, -0.1) is 0 Å². The van der Waals surface area contributed by atoms with Crippen LogP contribution in [0.25, 0.3) is 5.78 Å². The largest absolute Gasteiger partial charge is 0.332 e. The van der Waals surface area contributed by atoms with E-state index in [1.165, 1.54) is 15.7 Å². The van der Waals surface area contributed by atoms with E-state index < -0.39 is 18.4 Å². The second-order valence-corrected chi connectivity index (χ2v) is 8.14. The van der Waals surface area contributed by atoms with Crippen LogP contribution in [0.5, 0.6) is 0 Å². The minimum atomic E-state index is -2.98. The zero-order chi connectivity index (χ0) is 20.2. The van der Waals surface area contributed by atoms with Gasteiger partial charge in [-0.05, 0) is 49.4 Å². The van der Waals surface area contributed by atoms with Crippen LogP contribution in [-0.4, -0.2) is 49.4 Å². The predicted octanol–water partition coefficient (Wildman–Crippen LogP) is 3.58. The molecule has 2 aromatic heterocycles. The number of piperidine rings is 1. The summed E-state index contributed by atoms with van der Waals surface area (Å²) >= 11 is 0. The van der Waals surface area contributed by atoms with Gasteiger partial charge in [-0.2, -0.15) is 10.1 Å². The highest BCUT2D eigenvalue weighted by molar-refractivity contribution is 5.94. The number of carbonyl (C=O) groups excluding carboxylic acids is 1. The van der Waals surface area contributed by atoms with Crippen molar-refractivity contribution in [2.75, 3.05) is 13.1 Å². The minimum absolute atomic E-state index is 0.209. The Kier molecular flexibility index (Phi) is 4.11. The molecule has 1 atom stereocenters. The van der Waals surface area contributed by atoms with Crippen LogP contribution in [0.1, 0.15) is 58.4 Å². The molecule has 8 heteroatoms. The molecule has 1 saturated carbocycles. The normalized spacial score (nSPS) is 21.5. The second kappa shape index (κ2) is 6.57. The maximum Gasteiger partial charge on any atom is 0.266 e. The van der Waals surface area contributed by atoms with E-state index >= 15 is 0 Å². The Bertz CT molecular complexity index is 1090. The van der Waals surface area contributed by atoms with Crippen LogP contribution in [-0.2, 0) is 0 Å². The van der Waals surface area contributed by atoms with Gasteiger partial charge in [0.2, 0.25) is 0 Å². The monoisotopic (exact) mass is 397 g/mol. The van der Waals surface area contributed by atoms with Crippen molar-refractivity contribution in [1.82, 2.24) is 24.5 Å². The number of rotatable bonds is 3. The van der Waals surface area contributed by atoms with Crippen LogP contribution in [0.15, 0.2) is 36.7 Å². The Morgan fingerprint density at radius 1 is 1.21 bits per heavy atom.